The molecule has 0 aromatic heterocycles. The summed E-state index contributed by atoms with van der Waals surface area (Å²) in [5.41, 5.74) is 0. The lowest BCUT2D eigenvalue weighted by molar-refractivity contribution is -0.153. The van der Waals surface area contributed by atoms with E-state index in [1.807, 2.05) is 13.8 Å². The number of aliphatic hydroxyl groups excluding tert-OH is 1. The number of esters is 1. The Kier molecular flexibility index (Phi) is 5.77. The van der Waals surface area contributed by atoms with Crippen LogP contribution in [0.1, 0.15) is 39.5 Å². The molecule has 0 spiro atoms. The third-order valence-corrected chi connectivity index (χ3v) is 2.76. The molecule has 0 saturated heterocycles. The van der Waals surface area contributed by atoms with Crippen LogP contribution in [0.15, 0.2) is 0 Å². The van der Waals surface area contributed by atoms with Crippen LogP contribution in [0.5, 0.6) is 0 Å². The Balaban J connectivity index is 2.14. The summed E-state index contributed by atoms with van der Waals surface area (Å²) in [4.78, 5) is 11.6. The number of carbonyl (C=O) groups is 1. The molecule has 0 aromatic carbocycles. The molecule has 1 N–H and O–H groups in total. The van der Waals surface area contributed by atoms with Gasteiger partial charge in [-0.1, -0.05) is 6.42 Å². The van der Waals surface area contributed by atoms with Gasteiger partial charge in [0.05, 0.1) is 24.7 Å². The Morgan fingerprint density at radius 3 is 2.75 bits per heavy atom. The minimum atomic E-state index is -0.335. The fraction of sp³-hybridized carbons (Fsp3) is 0.917. The second-order valence-electron chi connectivity index (χ2n) is 4.60. The van der Waals surface area contributed by atoms with Gasteiger partial charge in [-0.2, -0.15) is 0 Å². The predicted octanol–water partition coefficient (Wildman–Crippen LogP) is 1.51. The van der Waals surface area contributed by atoms with Gasteiger partial charge in [0.15, 0.2) is 0 Å². The van der Waals surface area contributed by atoms with Crippen molar-refractivity contribution in [3.05, 3.63) is 0 Å². The van der Waals surface area contributed by atoms with Crippen molar-refractivity contribution in [2.75, 3.05) is 13.2 Å². The molecule has 0 bridgehead atoms. The molecule has 4 nitrogen and oxygen atoms in total. The van der Waals surface area contributed by atoms with Crippen molar-refractivity contribution in [2.45, 2.75) is 51.7 Å². The van der Waals surface area contributed by atoms with E-state index in [0.717, 1.165) is 19.3 Å². The summed E-state index contributed by atoms with van der Waals surface area (Å²) in [6.07, 6.45) is 2.92. The van der Waals surface area contributed by atoms with E-state index in [2.05, 4.69) is 0 Å². The number of carbonyl (C=O) groups excluding carboxylic acids is 1. The zero-order valence-corrected chi connectivity index (χ0v) is 10.1. The van der Waals surface area contributed by atoms with Gasteiger partial charge in [0.25, 0.3) is 0 Å². The van der Waals surface area contributed by atoms with Crippen LogP contribution in [0, 0.1) is 5.92 Å². The molecule has 0 aromatic rings. The summed E-state index contributed by atoms with van der Waals surface area (Å²) < 4.78 is 10.4. The van der Waals surface area contributed by atoms with Crippen molar-refractivity contribution in [2.24, 2.45) is 5.92 Å². The van der Waals surface area contributed by atoms with Crippen LogP contribution in [0.4, 0.5) is 0 Å². The first-order valence-electron chi connectivity index (χ1n) is 6.06. The first kappa shape index (κ1) is 13.5. The molecule has 0 aliphatic heterocycles. The number of ether oxygens (including phenoxy) is 2. The summed E-state index contributed by atoms with van der Waals surface area (Å²) in [6.45, 7) is 4.64. The fourth-order valence-corrected chi connectivity index (χ4v) is 1.92. The lowest BCUT2D eigenvalue weighted by Gasteiger charge is -2.24. The van der Waals surface area contributed by atoms with Crippen molar-refractivity contribution in [1.29, 1.82) is 0 Å². The first-order chi connectivity index (χ1) is 7.59. The average Bonchev–Trinajstić information content (AvgIpc) is 2.24. The van der Waals surface area contributed by atoms with Gasteiger partial charge < -0.3 is 14.6 Å². The van der Waals surface area contributed by atoms with Crippen LogP contribution in [-0.4, -0.2) is 36.5 Å². The van der Waals surface area contributed by atoms with E-state index in [1.165, 1.54) is 0 Å². The van der Waals surface area contributed by atoms with Crippen LogP contribution < -0.4 is 0 Å². The topological polar surface area (TPSA) is 55.8 Å². The maximum absolute atomic E-state index is 11.6. The Labute approximate surface area is 96.9 Å². The van der Waals surface area contributed by atoms with Crippen LogP contribution in [-0.2, 0) is 14.3 Å². The van der Waals surface area contributed by atoms with E-state index < -0.39 is 0 Å². The minimum Gasteiger partial charge on any atom is -0.463 e. The molecule has 1 saturated carbocycles. The Hall–Kier alpha value is -0.610. The highest BCUT2D eigenvalue weighted by Crippen LogP contribution is 2.25. The van der Waals surface area contributed by atoms with Crippen molar-refractivity contribution in [1.82, 2.24) is 0 Å². The molecule has 0 heterocycles. The van der Waals surface area contributed by atoms with Gasteiger partial charge in [0.1, 0.15) is 6.61 Å². The lowest BCUT2D eigenvalue weighted by atomic mass is 9.87. The number of hydrogen-bond acceptors (Lipinski definition) is 4. The molecular formula is C12H22O4. The molecular weight excluding hydrogens is 208 g/mol. The fourth-order valence-electron chi connectivity index (χ4n) is 1.92. The summed E-state index contributed by atoms with van der Waals surface area (Å²) >= 11 is 0. The molecule has 1 rings (SSSR count). The molecule has 2 atom stereocenters. The van der Waals surface area contributed by atoms with Gasteiger partial charge in [-0.3, -0.25) is 4.79 Å². The van der Waals surface area contributed by atoms with Crippen molar-refractivity contribution < 1.29 is 19.4 Å². The summed E-state index contributed by atoms with van der Waals surface area (Å²) in [5.74, 6) is -0.311. The highest BCUT2D eigenvalue weighted by atomic mass is 16.6. The highest BCUT2D eigenvalue weighted by molar-refractivity contribution is 5.72. The maximum Gasteiger partial charge on any atom is 0.309 e. The molecule has 16 heavy (non-hydrogen) atoms. The molecule has 94 valence electrons. The minimum absolute atomic E-state index is 0.122. The highest BCUT2D eigenvalue weighted by Gasteiger charge is 2.27. The summed E-state index contributed by atoms with van der Waals surface area (Å²) in [6, 6.07) is 0. The molecule has 0 amide bonds. The van der Waals surface area contributed by atoms with Gasteiger partial charge >= 0.3 is 5.97 Å². The number of aliphatic hydroxyl groups is 1. The van der Waals surface area contributed by atoms with Crippen LogP contribution in [0.2, 0.25) is 0 Å². The predicted molar refractivity (Wildman–Crippen MR) is 60.0 cm³/mol. The maximum atomic E-state index is 11.6. The number of hydrogen-bond donors (Lipinski definition) is 1. The van der Waals surface area contributed by atoms with E-state index in [9.17, 15) is 9.90 Å². The van der Waals surface area contributed by atoms with Crippen LogP contribution >= 0.6 is 0 Å². The Morgan fingerprint density at radius 1 is 1.38 bits per heavy atom. The monoisotopic (exact) mass is 230 g/mol. The third-order valence-electron chi connectivity index (χ3n) is 2.76. The SMILES string of the molecule is CC(C)OCCOC(=O)C1CCC[C@@H](O)C1. The van der Waals surface area contributed by atoms with Gasteiger partial charge in [-0.25, -0.2) is 0 Å². The van der Waals surface area contributed by atoms with Gasteiger partial charge in [-0.15, -0.1) is 0 Å². The number of rotatable bonds is 5. The largest absolute Gasteiger partial charge is 0.463 e. The smallest absolute Gasteiger partial charge is 0.309 e. The second kappa shape index (κ2) is 6.86. The van der Waals surface area contributed by atoms with Crippen LogP contribution in [0.25, 0.3) is 0 Å². The van der Waals surface area contributed by atoms with Crippen molar-refractivity contribution in [3.63, 3.8) is 0 Å². The summed E-state index contributed by atoms with van der Waals surface area (Å²) in [5, 5.41) is 9.44. The molecule has 1 aliphatic carbocycles. The first-order valence-corrected chi connectivity index (χ1v) is 6.06. The van der Waals surface area contributed by atoms with Gasteiger partial charge in [-0.05, 0) is 33.1 Å². The Bertz CT molecular complexity index is 215. The third kappa shape index (κ3) is 4.94. The van der Waals surface area contributed by atoms with E-state index in [1.54, 1.807) is 0 Å². The van der Waals surface area contributed by atoms with Gasteiger partial charge in [0.2, 0.25) is 0 Å². The van der Waals surface area contributed by atoms with Crippen LogP contribution in [0.3, 0.4) is 0 Å². The molecule has 1 aliphatic rings. The van der Waals surface area contributed by atoms with Crippen molar-refractivity contribution in [3.8, 4) is 0 Å². The molecule has 1 fully saturated rings. The quantitative estimate of drug-likeness (QED) is 0.574. The van der Waals surface area contributed by atoms with E-state index in [-0.39, 0.29) is 24.1 Å². The van der Waals surface area contributed by atoms with E-state index in [0.29, 0.717) is 19.6 Å². The van der Waals surface area contributed by atoms with Crippen molar-refractivity contribution >= 4 is 5.97 Å². The normalized spacial score (nSPS) is 25.8. The van der Waals surface area contributed by atoms with E-state index >= 15 is 0 Å². The summed E-state index contributed by atoms with van der Waals surface area (Å²) in [7, 11) is 0. The standard InChI is InChI=1S/C12H22O4/c1-9(2)15-6-7-16-12(14)10-4-3-5-11(13)8-10/h9-11,13H,3-8H2,1-2H3/t10?,11-/m1/s1. The molecule has 0 radical (unpaired) electrons. The second-order valence-corrected chi connectivity index (χ2v) is 4.60. The molecule has 1 unspecified atom stereocenters. The molecule has 4 heteroatoms. The Morgan fingerprint density at radius 2 is 2.12 bits per heavy atom. The zero-order chi connectivity index (χ0) is 12.0. The zero-order valence-electron chi connectivity index (χ0n) is 10.1. The van der Waals surface area contributed by atoms with Gasteiger partial charge in [0, 0.05) is 0 Å². The average molecular weight is 230 g/mol. The van der Waals surface area contributed by atoms with E-state index in [4.69, 9.17) is 9.47 Å². The lowest BCUT2D eigenvalue weighted by Crippen LogP contribution is -2.28.